The lowest BCUT2D eigenvalue weighted by Gasteiger charge is -2.19. The summed E-state index contributed by atoms with van der Waals surface area (Å²) in [4.78, 5) is 19.3. The fourth-order valence-corrected chi connectivity index (χ4v) is 3.21. The normalized spacial score (nSPS) is 12.3. The molecule has 8 nitrogen and oxygen atoms in total. The predicted molar refractivity (Wildman–Crippen MR) is 116 cm³/mol. The summed E-state index contributed by atoms with van der Waals surface area (Å²) < 4.78 is 1.99. The summed E-state index contributed by atoms with van der Waals surface area (Å²) in [6, 6.07) is 5.59. The number of aromatic nitrogens is 4. The van der Waals surface area contributed by atoms with E-state index in [2.05, 4.69) is 53.0 Å². The maximum absolute atomic E-state index is 12.4. The number of azo groups is 1. The molecule has 3 N–H and O–H groups in total. The van der Waals surface area contributed by atoms with E-state index in [-0.39, 0.29) is 22.8 Å². The lowest BCUT2D eigenvalue weighted by molar-refractivity contribution is 0.481. The Labute approximate surface area is 173 Å². The van der Waals surface area contributed by atoms with E-state index in [1.54, 1.807) is 10.7 Å². The molecule has 3 aromatic rings. The number of nitrogens with one attached hydrogen (secondary N) is 2. The number of nitrogens with zero attached hydrogens (tertiary/aromatic N) is 4. The van der Waals surface area contributed by atoms with Gasteiger partial charge in [-0.3, -0.25) is 14.6 Å². The molecule has 0 spiro atoms. The van der Waals surface area contributed by atoms with Crippen molar-refractivity contribution < 1.29 is 5.11 Å². The Morgan fingerprint density at radius 1 is 1.24 bits per heavy atom. The number of rotatable bonds is 6. The monoisotopic (exact) mass is 414 g/mol. The van der Waals surface area contributed by atoms with Crippen molar-refractivity contribution in [1.82, 2.24) is 19.7 Å². The number of pyridine rings is 1. The van der Waals surface area contributed by atoms with Crippen LogP contribution in [0.2, 0.25) is 0 Å². The van der Waals surface area contributed by atoms with Crippen LogP contribution in [0.5, 0.6) is 5.75 Å². The van der Waals surface area contributed by atoms with Gasteiger partial charge in [0, 0.05) is 11.9 Å². The standard InChI is InChI=1S/C20H26N6O2S/c1-5-6-7-10-26-18(22-19(29)25-26)24-23-15-16(27)13-11-12(20(2,3)4)8-9-14(13)21-17(15)28/h8-9,11H,5-7,10H2,1-4H3,(H,25,29)(H2,21,27,28). The van der Waals surface area contributed by atoms with E-state index in [0.717, 1.165) is 24.8 Å². The van der Waals surface area contributed by atoms with Crippen LogP contribution in [0.25, 0.3) is 10.9 Å². The first-order chi connectivity index (χ1) is 13.7. The first kappa shape index (κ1) is 20.9. The highest BCUT2D eigenvalue weighted by molar-refractivity contribution is 7.71. The van der Waals surface area contributed by atoms with Gasteiger partial charge in [0.05, 0.1) is 5.52 Å². The first-order valence-electron chi connectivity index (χ1n) is 9.68. The molecule has 3 rings (SSSR count). The molecule has 1 aromatic carbocycles. The second-order valence-electron chi connectivity index (χ2n) is 8.05. The lowest BCUT2D eigenvalue weighted by Crippen LogP contribution is -2.11. The molecule has 0 saturated heterocycles. The zero-order chi connectivity index (χ0) is 21.2. The van der Waals surface area contributed by atoms with Gasteiger partial charge in [-0.15, -0.1) is 10.2 Å². The molecule has 0 amide bonds. The minimum absolute atomic E-state index is 0.0998. The smallest absolute Gasteiger partial charge is 0.280 e. The maximum atomic E-state index is 12.4. The first-order valence-corrected chi connectivity index (χ1v) is 10.1. The van der Waals surface area contributed by atoms with Gasteiger partial charge in [-0.25, -0.2) is 0 Å². The van der Waals surface area contributed by atoms with E-state index in [1.807, 2.05) is 12.1 Å². The fourth-order valence-electron chi connectivity index (χ4n) is 3.01. The molecule has 0 aliphatic carbocycles. The van der Waals surface area contributed by atoms with Gasteiger partial charge < -0.3 is 10.1 Å². The number of aryl methyl sites for hydroxylation is 1. The molecule has 2 aromatic heterocycles. The van der Waals surface area contributed by atoms with E-state index in [0.29, 0.717) is 22.2 Å². The van der Waals surface area contributed by atoms with Gasteiger partial charge in [-0.2, -0.15) is 4.98 Å². The van der Waals surface area contributed by atoms with Crippen molar-refractivity contribution in [2.45, 2.75) is 58.9 Å². The number of benzene rings is 1. The van der Waals surface area contributed by atoms with Crippen LogP contribution in [0.4, 0.5) is 11.6 Å². The topological polar surface area (TPSA) is 111 Å². The molecule has 0 atom stereocenters. The van der Waals surface area contributed by atoms with Gasteiger partial charge in [-0.1, -0.05) is 46.6 Å². The molecular formula is C20H26N6O2S. The molecule has 9 heteroatoms. The minimum Gasteiger partial charge on any atom is -0.505 e. The predicted octanol–water partition coefficient (Wildman–Crippen LogP) is 5.39. The largest absolute Gasteiger partial charge is 0.505 e. The van der Waals surface area contributed by atoms with Crippen LogP contribution in [0, 0.1) is 4.77 Å². The van der Waals surface area contributed by atoms with E-state index < -0.39 is 5.56 Å². The number of hydrogen-bond acceptors (Lipinski definition) is 6. The summed E-state index contributed by atoms with van der Waals surface area (Å²) in [5.41, 5.74) is 0.803. The maximum Gasteiger partial charge on any atom is 0.280 e. The quantitative estimate of drug-likeness (QED) is 0.285. The zero-order valence-corrected chi connectivity index (χ0v) is 17.9. The molecule has 2 heterocycles. The average molecular weight is 415 g/mol. The van der Waals surface area contributed by atoms with Gasteiger partial charge in [0.15, 0.2) is 11.4 Å². The van der Waals surface area contributed by atoms with Crippen LogP contribution < -0.4 is 5.56 Å². The Hall–Kier alpha value is -2.81. The number of unbranched alkanes of at least 4 members (excludes halogenated alkanes) is 2. The van der Waals surface area contributed by atoms with Crippen LogP contribution in [0.1, 0.15) is 52.5 Å². The van der Waals surface area contributed by atoms with Crippen molar-refractivity contribution in [2.24, 2.45) is 10.2 Å². The molecular weight excluding hydrogens is 388 g/mol. The van der Waals surface area contributed by atoms with Gasteiger partial charge in [0.25, 0.3) is 11.5 Å². The number of fused-ring (bicyclic) bond motifs is 1. The molecule has 0 saturated carbocycles. The van der Waals surface area contributed by atoms with Crippen LogP contribution in [-0.4, -0.2) is 24.9 Å². The highest BCUT2D eigenvalue weighted by atomic mass is 32.1. The SMILES string of the molecule is CCCCCn1[nH]c(=S)nc1N=Nc1c(O)c2cc(C(C)(C)C)ccc2[nH]c1=O. The van der Waals surface area contributed by atoms with Crippen molar-refractivity contribution in [1.29, 1.82) is 0 Å². The number of aromatic amines is 2. The Morgan fingerprint density at radius 2 is 2.00 bits per heavy atom. The summed E-state index contributed by atoms with van der Waals surface area (Å²) in [6.07, 6.45) is 3.10. The summed E-state index contributed by atoms with van der Waals surface area (Å²) in [5.74, 6) is 0.0682. The van der Waals surface area contributed by atoms with Gasteiger partial charge >= 0.3 is 0 Å². The third-order valence-electron chi connectivity index (χ3n) is 4.73. The molecule has 29 heavy (non-hydrogen) atoms. The van der Waals surface area contributed by atoms with Crippen LogP contribution in [0.3, 0.4) is 0 Å². The highest BCUT2D eigenvalue weighted by Crippen LogP contribution is 2.34. The summed E-state index contributed by atoms with van der Waals surface area (Å²) in [5, 5.41) is 22.3. The summed E-state index contributed by atoms with van der Waals surface area (Å²) in [6.45, 7) is 9.04. The second-order valence-corrected chi connectivity index (χ2v) is 8.44. The van der Waals surface area contributed by atoms with E-state index >= 15 is 0 Å². The van der Waals surface area contributed by atoms with Crippen LogP contribution >= 0.6 is 12.2 Å². The average Bonchev–Trinajstić information content (AvgIpc) is 3.00. The third kappa shape index (κ3) is 4.61. The lowest BCUT2D eigenvalue weighted by atomic mass is 9.86. The van der Waals surface area contributed by atoms with E-state index in [9.17, 15) is 9.90 Å². The molecule has 0 unspecified atom stereocenters. The van der Waals surface area contributed by atoms with Crippen molar-refractivity contribution in [2.75, 3.05) is 0 Å². The van der Waals surface area contributed by atoms with Crippen LogP contribution in [0.15, 0.2) is 33.2 Å². The van der Waals surface area contributed by atoms with Gasteiger partial charge in [-0.05, 0) is 41.7 Å². The Bertz CT molecular complexity index is 1170. The number of aromatic hydroxyl groups is 1. The van der Waals surface area contributed by atoms with Crippen molar-refractivity contribution >= 4 is 34.8 Å². The molecule has 0 fully saturated rings. The fraction of sp³-hybridized carbons (Fsp3) is 0.450. The van der Waals surface area contributed by atoms with Crippen LogP contribution in [-0.2, 0) is 12.0 Å². The zero-order valence-electron chi connectivity index (χ0n) is 17.1. The van der Waals surface area contributed by atoms with E-state index in [4.69, 9.17) is 12.2 Å². The molecule has 0 aliphatic heterocycles. The molecule has 0 radical (unpaired) electrons. The molecule has 154 valence electrons. The number of hydrogen-bond donors (Lipinski definition) is 3. The molecule has 0 bridgehead atoms. The molecule has 0 aliphatic rings. The van der Waals surface area contributed by atoms with E-state index in [1.165, 1.54) is 0 Å². The van der Waals surface area contributed by atoms with Crippen molar-refractivity contribution in [3.63, 3.8) is 0 Å². The minimum atomic E-state index is -0.520. The summed E-state index contributed by atoms with van der Waals surface area (Å²) >= 11 is 5.09. The van der Waals surface area contributed by atoms with Crippen molar-refractivity contribution in [3.05, 3.63) is 38.9 Å². The third-order valence-corrected chi connectivity index (χ3v) is 4.91. The Morgan fingerprint density at radius 3 is 2.69 bits per heavy atom. The van der Waals surface area contributed by atoms with Gasteiger partial charge in [0.1, 0.15) is 0 Å². The Kier molecular flexibility index (Phi) is 5.97. The second kappa shape index (κ2) is 8.28. The highest BCUT2D eigenvalue weighted by Gasteiger charge is 2.17. The number of H-pyrrole nitrogens is 2. The Balaban J connectivity index is 2.02. The summed E-state index contributed by atoms with van der Waals surface area (Å²) in [7, 11) is 0. The van der Waals surface area contributed by atoms with Gasteiger partial charge in [0.2, 0.25) is 4.77 Å². The van der Waals surface area contributed by atoms with Crippen molar-refractivity contribution in [3.8, 4) is 5.75 Å².